The van der Waals surface area contributed by atoms with Gasteiger partial charge in [-0.05, 0) is 49.7 Å². The molecule has 100 valence electrons. The van der Waals surface area contributed by atoms with E-state index in [0.717, 1.165) is 37.5 Å². The van der Waals surface area contributed by atoms with Crippen molar-refractivity contribution in [2.45, 2.75) is 51.0 Å². The first-order valence-corrected chi connectivity index (χ1v) is 7.17. The lowest BCUT2D eigenvalue weighted by molar-refractivity contribution is 0.114. The largest absolute Gasteiger partial charge is 0.388 e. The summed E-state index contributed by atoms with van der Waals surface area (Å²) in [5, 5.41) is 10.2. The second-order valence-electron chi connectivity index (χ2n) is 5.15. The fourth-order valence-corrected chi connectivity index (χ4v) is 2.45. The summed E-state index contributed by atoms with van der Waals surface area (Å²) in [4.78, 5) is 0. The van der Waals surface area contributed by atoms with Crippen LogP contribution < -0.4 is 0 Å². The van der Waals surface area contributed by atoms with Crippen molar-refractivity contribution in [3.05, 3.63) is 35.4 Å². The summed E-state index contributed by atoms with van der Waals surface area (Å²) in [6.45, 7) is 3.50. The molecule has 0 amide bonds. The third-order valence-corrected chi connectivity index (χ3v) is 3.84. The molecule has 18 heavy (non-hydrogen) atoms. The minimum absolute atomic E-state index is 0.342. The SMILES string of the molecule is CCOCCCC(O)c1cccc(C2CCC2)c1. The Bertz CT molecular complexity index is 358. The van der Waals surface area contributed by atoms with E-state index in [4.69, 9.17) is 4.74 Å². The molecular weight excluding hydrogens is 224 g/mol. The first-order chi connectivity index (χ1) is 8.81. The van der Waals surface area contributed by atoms with E-state index in [1.54, 1.807) is 0 Å². The molecule has 1 fully saturated rings. The fraction of sp³-hybridized carbons (Fsp3) is 0.625. The van der Waals surface area contributed by atoms with Gasteiger partial charge in [0.15, 0.2) is 0 Å². The van der Waals surface area contributed by atoms with E-state index in [0.29, 0.717) is 0 Å². The van der Waals surface area contributed by atoms with Crippen molar-refractivity contribution >= 4 is 0 Å². The van der Waals surface area contributed by atoms with Crippen LogP contribution in [0.2, 0.25) is 0 Å². The molecule has 0 heterocycles. The molecule has 1 aliphatic carbocycles. The molecule has 0 aliphatic heterocycles. The van der Waals surface area contributed by atoms with Gasteiger partial charge in [0.1, 0.15) is 0 Å². The average molecular weight is 248 g/mol. The van der Waals surface area contributed by atoms with Gasteiger partial charge in [-0.15, -0.1) is 0 Å². The van der Waals surface area contributed by atoms with Crippen molar-refractivity contribution in [3.8, 4) is 0 Å². The van der Waals surface area contributed by atoms with E-state index in [-0.39, 0.29) is 6.10 Å². The zero-order valence-corrected chi connectivity index (χ0v) is 11.3. The molecule has 1 atom stereocenters. The molecule has 2 heteroatoms. The third-order valence-electron chi connectivity index (χ3n) is 3.84. The molecule has 1 aromatic rings. The predicted molar refractivity (Wildman–Crippen MR) is 73.7 cm³/mol. The van der Waals surface area contributed by atoms with Gasteiger partial charge in [0.25, 0.3) is 0 Å². The molecule has 0 saturated heterocycles. The van der Waals surface area contributed by atoms with E-state index in [2.05, 4.69) is 18.2 Å². The van der Waals surface area contributed by atoms with Gasteiger partial charge in [-0.25, -0.2) is 0 Å². The lowest BCUT2D eigenvalue weighted by atomic mass is 9.79. The molecule has 1 aromatic carbocycles. The molecular formula is C16H24O2. The second-order valence-corrected chi connectivity index (χ2v) is 5.15. The van der Waals surface area contributed by atoms with Crippen molar-refractivity contribution in [1.82, 2.24) is 0 Å². The minimum atomic E-state index is -0.342. The number of aliphatic hydroxyl groups is 1. The topological polar surface area (TPSA) is 29.5 Å². The lowest BCUT2D eigenvalue weighted by Gasteiger charge is -2.26. The average Bonchev–Trinajstić information content (AvgIpc) is 2.33. The second kappa shape index (κ2) is 6.91. The summed E-state index contributed by atoms with van der Waals surface area (Å²) < 4.78 is 5.30. The summed E-state index contributed by atoms with van der Waals surface area (Å²) in [7, 11) is 0. The summed E-state index contributed by atoms with van der Waals surface area (Å²) >= 11 is 0. The molecule has 0 spiro atoms. The monoisotopic (exact) mass is 248 g/mol. The van der Waals surface area contributed by atoms with Gasteiger partial charge in [0.2, 0.25) is 0 Å². The Labute approximate surface area is 110 Å². The zero-order valence-electron chi connectivity index (χ0n) is 11.3. The summed E-state index contributed by atoms with van der Waals surface area (Å²) in [6, 6.07) is 8.50. The maximum atomic E-state index is 10.2. The van der Waals surface area contributed by atoms with Crippen LogP contribution in [0.4, 0.5) is 0 Å². The van der Waals surface area contributed by atoms with Gasteiger partial charge >= 0.3 is 0 Å². The van der Waals surface area contributed by atoms with E-state index in [9.17, 15) is 5.11 Å². The molecule has 1 unspecified atom stereocenters. The van der Waals surface area contributed by atoms with Gasteiger partial charge < -0.3 is 9.84 Å². The van der Waals surface area contributed by atoms with E-state index < -0.39 is 0 Å². The van der Waals surface area contributed by atoms with E-state index in [1.165, 1.54) is 24.8 Å². The highest BCUT2D eigenvalue weighted by atomic mass is 16.5. The van der Waals surface area contributed by atoms with Gasteiger partial charge in [-0.2, -0.15) is 0 Å². The summed E-state index contributed by atoms with van der Waals surface area (Å²) in [5.41, 5.74) is 2.47. The summed E-state index contributed by atoms with van der Waals surface area (Å²) in [6.07, 6.45) is 5.33. The number of rotatable bonds is 7. The Balaban J connectivity index is 1.86. The molecule has 0 bridgehead atoms. The molecule has 1 aliphatic rings. The van der Waals surface area contributed by atoms with Gasteiger partial charge in [-0.3, -0.25) is 0 Å². The highest BCUT2D eigenvalue weighted by molar-refractivity contribution is 5.28. The van der Waals surface area contributed by atoms with Crippen LogP contribution >= 0.6 is 0 Å². The van der Waals surface area contributed by atoms with Crippen LogP contribution in [0.5, 0.6) is 0 Å². The van der Waals surface area contributed by atoms with Gasteiger partial charge in [-0.1, -0.05) is 30.7 Å². The number of aliphatic hydroxyl groups excluding tert-OH is 1. The van der Waals surface area contributed by atoms with Crippen molar-refractivity contribution in [3.63, 3.8) is 0 Å². The summed E-state index contributed by atoms with van der Waals surface area (Å²) in [5.74, 6) is 0.737. The van der Waals surface area contributed by atoms with Crippen LogP contribution in [0.15, 0.2) is 24.3 Å². The van der Waals surface area contributed by atoms with Crippen LogP contribution in [0.1, 0.15) is 62.2 Å². The highest BCUT2D eigenvalue weighted by Gasteiger charge is 2.20. The van der Waals surface area contributed by atoms with Crippen LogP contribution in [-0.4, -0.2) is 18.3 Å². The van der Waals surface area contributed by atoms with Crippen LogP contribution in [0, 0.1) is 0 Å². The maximum Gasteiger partial charge on any atom is 0.0791 e. The third kappa shape index (κ3) is 3.56. The number of hydrogen-bond acceptors (Lipinski definition) is 2. The standard InChI is InChI=1S/C16H24O2/c1-2-18-11-5-10-16(17)15-9-4-8-14(12-15)13-6-3-7-13/h4,8-9,12-13,16-17H,2-3,5-7,10-11H2,1H3. The quantitative estimate of drug-likeness (QED) is 0.744. The van der Waals surface area contributed by atoms with Crippen LogP contribution in [-0.2, 0) is 4.74 Å². The Hall–Kier alpha value is -0.860. The zero-order chi connectivity index (χ0) is 12.8. The lowest BCUT2D eigenvalue weighted by Crippen LogP contribution is -2.09. The molecule has 2 nitrogen and oxygen atoms in total. The fourth-order valence-electron chi connectivity index (χ4n) is 2.45. The van der Waals surface area contributed by atoms with E-state index >= 15 is 0 Å². The normalized spacial score (nSPS) is 17.4. The molecule has 0 radical (unpaired) electrons. The van der Waals surface area contributed by atoms with Gasteiger partial charge in [0.05, 0.1) is 6.10 Å². The van der Waals surface area contributed by atoms with Crippen molar-refractivity contribution in [1.29, 1.82) is 0 Å². The molecule has 0 aromatic heterocycles. The Morgan fingerprint density at radius 1 is 1.39 bits per heavy atom. The Kier molecular flexibility index (Phi) is 5.21. The molecule has 1 saturated carbocycles. The van der Waals surface area contributed by atoms with Crippen LogP contribution in [0.3, 0.4) is 0 Å². The maximum absolute atomic E-state index is 10.2. The van der Waals surface area contributed by atoms with Crippen LogP contribution in [0.25, 0.3) is 0 Å². The Morgan fingerprint density at radius 2 is 2.22 bits per heavy atom. The smallest absolute Gasteiger partial charge is 0.0791 e. The van der Waals surface area contributed by atoms with Crippen molar-refractivity contribution in [2.75, 3.05) is 13.2 Å². The molecule has 1 N–H and O–H groups in total. The molecule has 2 rings (SSSR count). The van der Waals surface area contributed by atoms with Gasteiger partial charge in [0, 0.05) is 13.2 Å². The minimum Gasteiger partial charge on any atom is -0.388 e. The first kappa shape index (κ1) is 13.6. The predicted octanol–water partition coefficient (Wildman–Crippen LogP) is 3.80. The number of hydrogen-bond donors (Lipinski definition) is 1. The van der Waals surface area contributed by atoms with Crippen molar-refractivity contribution in [2.24, 2.45) is 0 Å². The Morgan fingerprint density at radius 3 is 2.89 bits per heavy atom. The number of ether oxygens (including phenoxy) is 1. The van der Waals surface area contributed by atoms with Crippen molar-refractivity contribution < 1.29 is 9.84 Å². The number of benzene rings is 1. The highest BCUT2D eigenvalue weighted by Crippen LogP contribution is 2.37. The van der Waals surface area contributed by atoms with E-state index in [1.807, 2.05) is 13.0 Å². The first-order valence-electron chi connectivity index (χ1n) is 7.17.